The molecule has 2 rings (SSSR count). The van der Waals surface area contributed by atoms with E-state index in [1.807, 2.05) is 6.92 Å². The average molecular weight is 225 g/mol. The fourth-order valence-corrected chi connectivity index (χ4v) is 2.30. The Labute approximate surface area is 98.1 Å². The van der Waals surface area contributed by atoms with Gasteiger partial charge in [0.25, 0.3) is 0 Å². The van der Waals surface area contributed by atoms with Gasteiger partial charge in [-0.25, -0.2) is 0 Å². The second kappa shape index (κ2) is 5.28. The van der Waals surface area contributed by atoms with E-state index in [1.54, 1.807) is 0 Å². The van der Waals surface area contributed by atoms with Crippen LogP contribution in [0.25, 0.3) is 0 Å². The van der Waals surface area contributed by atoms with Gasteiger partial charge in [-0.1, -0.05) is 6.92 Å². The third-order valence-electron chi connectivity index (χ3n) is 4.03. The van der Waals surface area contributed by atoms with Crippen molar-refractivity contribution in [2.45, 2.75) is 39.2 Å². The molecule has 2 fully saturated rings. The lowest BCUT2D eigenvalue weighted by molar-refractivity contribution is -0.128. The van der Waals surface area contributed by atoms with Gasteiger partial charge in [-0.3, -0.25) is 9.69 Å². The van der Waals surface area contributed by atoms with Gasteiger partial charge in [0.15, 0.2) is 0 Å². The molecule has 1 heterocycles. The molecule has 92 valence electrons. The number of hydrogen-bond donors (Lipinski definition) is 0. The Morgan fingerprint density at radius 3 is 2.81 bits per heavy atom. The topological polar surface area (TPSA) is 29.5 Å². The Kier molecular flexibility index (Phi) is 3.98. The molecule has 0 amide bonds. The molecule has 2 atom stereocenters. The molecule has 0 aromatic rings. The van der Waals surface area contributed by atoms with Crippen LogP contribution in [0.15, 0.2) is 0 Å². The van der Waals surface area contributed by atoms with Gasteiger partial charge in [-0.15, -0.1) is 0 Å². The molecule has 1 saturated heterocycles. The highest BCUT2D eigenvalue weighted by atomic mass is 16.5. The fraction of sp³-hybridized carbons (Fsp3) is 0.923. The van der Waals surface area contributed by atoms with Crippen molar-refractivity contribution in [1.82, 2.24) is 4.90 Å². The van der Waals surface area contributed by atoms with E-state index in [1.165, 1.54) is 12.8 Å². The molecule has 0 radical (unpaired) electrons. The smallest absolute Gasteiger partial charge is 0.138 e. The summed E-state index contributed by atoms with van der Waals surface area (Å²) < 4.78 is 5.64. The molecule has 0 aromatic heterocycles. The summed E-state index contributed by atoms with van der Waals surface area (Å²) in [4.78, 5) is 13.9. The van der Waals surface area contributed by atoms with Crippen LogP contribution >= 0.6 is 0 Å². The number of ketones is 1. The molecule has 1 aliphatic carbocycles. The molecule has 2 unspecified atom stereocenters. The Morgan fingerprint density at radius 1 is 1.38 bits per heavy atom. The summed E-state index contributed by atoms with van der Waals surface area (Å²) in [6, 6.07) is 0.380. The molecule has 1 saturated carbocycles. The Hall–Kier alpha value is -0.410. The van der Waals surface area contributed by atoms with Crippen LogP contribution in [0.2, 0.25) is 0 Å². The fourth-order valence-electron chi connectivity index (χ4n) is 2.30. The maximum absolute atomic E-state index is 11.5. The van der Waals surface area contributed by atoms with Crippen molar-refractivity contribution in [2.24, 2.45) is 11.8 Å². The molecule has 2 aliphatic rings. The first-order valence-corrected chi connectivity index (χ1v) is 6.53. The molecule has 0 spiro atoms. The van der Waals surface area contributed by atoms with Crippen LogP contribution < -0.4 is 0 Å². The predicted molar refractivity (Wildman–Crippen MR) is 63.4 cm³/mol. The van der Waals surface area contributed by atoms with Gasteiger partial charge in [-0.05, 0) is 25.7 Å². The van der Waals surface area contributed by atoms with Crippen molar-refractivity contribution in [3.63, 3.8) is 0 Å². The van der Waals surface area contributed by atoms with Gasteiger partial charge in [0.1, 0.15) is 5.78 Å². The second-order valence-electron chi connectivity index (χ2n) is 5.30. The molecule has 1 aliphatic heterocycles. The highest BCUT2D eigenvalue weighted by Gasteiger charge is 2.30. The maximum atomic E-state index is 11.5. The van der Waals surface area contributed by atoms with Gasteiger partial charge in [0, 0.05) is 38.1 Å². The van der Waals surface area contributed by atoms with E-state index in [0.29, 0.717) is 18.2 Å². The summed E-state index contributed by atoms with van der Waals surface area (Å²) in [7, 11) is 0. The van der Waals surface area contributed by atoms with Crippen molar-refractivity contribution in [1.29, 1.82) is 0 Å². The van der Waals surface area contributed by atoms with E-state index < -0.39 is 0 Å². The molecular weight excluding hydrogens is 202 g/mol. The van der Waals surface area contributed by atoms with E-state index in [-0.39, 0.29) is 5.92 Å². The van der Waals surface area contributed by atoms with E-state index in [4.69, 9.17) is 4.74 Å². The third-order valence-corrected chi connectivity index (χ3v) is 4.03. The summed E-state index contributed by atoms with van der Waals surface area (Å²) in [5.74, 6) is 1.46. The summed E-state index contributed by atoms with van der Waals surface area (Å²) in [6.45, 7) is 7.86. The number of ether oxygens (including phenoxy) is 1. The van der Waals surface area contributed by atoms with E-state index in [0.717, 1.165) is 32.2 Å². The summed E-state index contributed by atoms with van der Waals surface area (Å²) in [5, 5.41) is 0. The lowest BCUT2D eigenvalue weighted by Gasteiger charge is -2.36. The molecule has 0 bridgehead atoms. The van der Waals surface area contributed by atoms with E-state index in [2.05, 4.69) is 11.8 Å². The molecule has 0 N–H and O–H groups in total. The van der Waals surface area contributed by atoms with E-state index in [9.17, 15) is 4.79 Å². The minimum absolute atomic E-state index is 0.192. The first-order valence-electron chi connectivity index (χ1n) is 6.53. The number of carbonyl (C=O) groups excluding carboxylic acids is 1. The average Bonchev–Trinajstić information content (AvgIpc) is 3.08. The minimum atomic E-state index is 0.192. The first-order chi connectivity index (χ1) is 7.68. The number of rotatable bonds is 5. The van der Waals surface area contributed by atoms with Crippen molar-refractivity contribution in [3.8, 4) is 0 Å². The van der Waals surface area contributed by atoms with E-state index >= 15 is 0 Å². The van der Waals surface area contributed by atoms with Gasteiger partial charge < -0.3 is 4.74 Å². The van der Waals surface area contributed by atoms with Crippen LogP contribution in [-0.2, 0) is 9.53 Å². The van der Waals surface area contributed by atoms with Gasteiger partial charge >= 0.3 is 0 Å². The highest BCUT2D eigenvalue weighted by Crippen LogP contribution is 2.28. The zero-order chi connectivity index (χ0) is 11.5. The first kappa shape index (κ1) is 12.1. The van der Waals surface area contributed by atoms with Crippen molar-refractivity contribution in [2.75, 3.05) is 26.3 Å². The molecule has 3 nitrogen and oxygen atoms in total. The quantitative estimate of drug-likeness (QED) is 0.667. The SMILES string of the molecule is CC1C(=O)CCN(CCOCC2CC2)C1C. The number of Topliss-reactive ketones (excluding diaryl/α,β-unsaturated/α-hetero) is 1. The van der Waals surface area contributed by atoms with Crippen molar-refractivity contribution >= 4 is 5.78 Å². The standard InChI is InChI=1S/C13H23NO2/c1-10-11(2)14(6-5-13(10)15)7-8-16-9-12-3-4-12/h10-12H,3-9H2,1-2H3. The second-order valence-corrected chi connectivity index (χ2v) is 5.30. The van der Waals surface area contributed by atoms with Gasteiger partial charge in [0.05, 0.1) is 6.61 Å². The number of hydrogen-bond acceptors (Lipinski definition) is 3. The molecule has 0 aromatic carbocycles. The van der Waals surface area contributed by atoms with Crippen molar-refractivity contribution < 1.29 is 9.53 Å². The number of likely N-dealkylation sites (tertiary alicyclic amines) is 1. The molecule has 16 heavy (non-hydrogen) atoms. The Morgan fingerprint density at radius 2 is 2.12 bits per heavy atom. The van der Waals surface area contributed by atoms with Crippen LogP contribution in [0.4, 0.5) is 0 Å². The monoisotopic (exact) mass is 225 g/mol. The normalized spacial score (nSPS) is 32.0. The zero-order valence-electron chi connectivity index (χ0n) is 10.4. The largest absolute Gasteiger partial charge is 0.380 e. The van der Waals surface area contributed by atoms with Crippen LogP contribution in [0.3, 0.4) is 0 Å². The Bertz CT molecular complexity index is 250. The minimum Gasteiger partial charge on any atom is -0.380 e. The van der Waals surface area contributed by atoms with Gasteiger partial charge in [0.2, 0.25) is 0 Å². The summed E-state index contributed by atoms with van der Waals surface area (Å²) >= 11 is 0. The predicted octanol–water partition coefficient (Wildman–Crippen LogP) is 1.71. The lowest BCUT2D eigenvalue weighted by atomic mass is 9.91. The zero-order valence-corrected chi connectivity index (χ0v) is 10.4. The molecule has 3 heteroatoms. The van der Waals surface area contributed by atoms with Gasteiger partial charge in [-0.2, -0.15) is 0 Å². The highest BCUT2D eigenvalue weighted by molar-refractivity contribution is 5.82. The summed E-state index contributed by atoms with van der Waals surface area (Å²) in [5.41, 5.74) is 0. The lowest BCUT2D eigenvalue weighted by Crippen LogP contribution is -2.47. The number of nitrogens with zero attached hydrogens (tertiary/aromatic N) is 1. The Balaban J connectivity index is 1.65. The van der Waals surface area contributed by atoms with Crippen LogP contribution in [0.5, 0.6) is 0 Å². The molecular formula is C13H23NO2. The van der Waals surface area contributed by atoms with Crippen molar-refractivity contribution in [3.05, 3.63) is 0 Å². The maximum Gasteiger partial charge on any atom is 0.138 e. The number of piperidine rings is 1. The van der Waals surface area contributed by atoms with Crippen LogP contribution in [0.1, 0.15) is 33.1 Å². The third kappa shape index (κ3) is 3.05. The number of carbonyl (C=O) groups is 1. The van der Waals surface area contributed by atoms with Crippen LogP contribution in [0, 0.1) is 11.8 Å². The van der Waals surface area contributed by atoms with Crippen LogP contribution in [-0.4, -0.2) is 43.0 Å². The summed E-state index contributed by atoms with van der Waals surface area (Å²) in [6.07, 6.45) is 3.42.